The molecule has 0 aliphatic carbocycles. The minimum absolute atomic E-state index is 0.117. The third-order valence-electron chi connectivity index (χ3n) is 2.95. The first kappa shape index (κ1) is 18.6. The summed E-state index contributed by atoms with van der Waals surface area (Å²) in [6.07, 6.45) is -0.280. The van der Waals surface area contributed by atoms with Gasteiger partial charge in [0.15, 0.2) is 0 Å². The number of thioether (sulfide) groups is 1. The summed E-state index contributed by atoms with van der Waals surface area (Å²) in [7, 11) is 0. The summed E-state index contributed by atoms with van der Waals surface area (Å²) in [6.45, 7) is 7.14. The summed E-state index contributed by atoms with van der Waals surface area (Å²) in [6, 6.07) is -0.813. The van der Waals surface area contributed by atoms with E-state index in [-0.39, 0.29) is 18.4 Å². The highest BCUT2D eigenvalue weighted by Gasteiger charge is 2.36. The predicted octanol–water partition coefficient (Wildman–Crippen LogP) is 2.24. The number of nitrogens with one attached hydrogen (secondary N) is 2. The van der Waals surface area contributed by atoms with Crippen molar-refractivity contribution in [2.75, 3.05) is 5.75 Å². The van der Waals surface area contributed by atoms with Gasteiger partial charge < -0.3 is 19.9 Å². The molecule has 0 radical (unpaired) electrons. The normalized spacial score (nSPS) is 25.8. The van der Waals surface area contributed by atoms with E-state index in [1.165, 1.54) is 11.8 Å². The first-order valence-electron chi connectivity index (χ1n) is 7.20. The van der Waals surface area contributed by atoms with E-state index in [0.717, 1.165) is 0 Å². The zero-order valence-corrected chi connectivity index (χ0v) is 14.2. The molecular weight excluding hydrogens is 308 g/mol. The lowest BCUT2D eigenvalue weighted by Gasteiger charge is -2.26. The molecule has 0 saturated carbocycles. The molecule has 1 rings (SSSR count). The second-order valence-electron chi connectivity index (χ2n) is 6.11. The van der Waals surface area contributed by atoms with Gasteiger partial charge in [0.05, 0.1) is 6.42 Å². The van der Waals surface area contributed by atoms with Crippen molar-refractivity contribution < 1.29 is 24.2 Å². The van der Waals surface area contributed by atoms with Crippen molar-refractivity contribution in [1.82, 2.24) is 5.32 Å². The molecule has 22 heavy (non-hydrogen) atoms. The third kappa shape index (κ3) is 6.13. The molecule has 3 atom stereocenters. The van der Waals surface area contributed by atoms with Gasteiger partial charge in [-0.1, -0.05) is 6.92 Å². The minimum atomic E-state index is -0.976. The molecule has 7 nitrogen and oxygen atoms in total. The molecule has 0 aromatic rings. The van der Waals surface area contributed by atoms with Crippen LogP contribution in [-0.2, 0) is 14.3 Å². The van der Waals surface area contributed by atoms with Crippen molar-refractivity contribution >= 4 is 29.7 Å². The Labute approximate surface area is 134 Å². The largest absolute Gasteiger partial charge is 0.481 e. The zero-order valence-electron chi connectivity index (χ0n) is 13.3. The van der Waals surface area contributed by atoms with Crippen LogP contribution in [-0.4, -0.2) is 51.8 Å². The summed E-state index contributed by atoms with van der Waals surface area (Å²) in [4.78, 5) is 23.0. The third-order valence-corrected chi connectivity index (χ3v) is 4.38. The van der Waals surface area contributed by atoms with Gasteiger partial charge in [-0.05, 0) is 27.2 Å². The fourth-order valence-corrected chi connectivity index (χ4v) is 3.34. The average molecular weight is 332 g/mol. The molecule has 1 heterocycles. The number of ether oxygens (including phenoxy) is 2. The van der Waals surface area contributed by atoms with E-state index >= 15 is 0 Å². The van der Waals surface area contributed by atoms with E-state index < -0.39 is 29.0 Å². The smallest absolute Gasteiger partial charge is 0.408 e. The number of carbonyl (C=O) groups is 2. The van der Waals surface area contributed by atoms with Crippen molar-refractivity contribution in [3.63, 3.8) is 0 Å². The molecule has 0 aromatic carbocycles. The number of carboxylic acid groups (broad SMARTS) is 1. The molecule has 1 amide bonds. The maximum absolute atomic E-state index is 11.9. The quantitative estimate of drug-likeness (QED) is 0.728. The zero-order chi connectivity index (χ0) is 16.9. The number of carbonyl (C=O) groups excluding carboxylic acids is 1. The van der Waals surface area contributed by atoms with Crippen molar-refractivity contribution in [2.45, 2.75) is 63.5 Å². The minimum Gasteiger partial charge on any atom is -0.481 e. The van der Waals surface area contributed by atoms with Gasteiger partial charge in [-0.2, -0.15) is 11.8 Å². The average Bonchev–Trinajstić information content (AvgIpc) is 2.48. The Morgan fingerprint density at radius 2 is 2.14 bits per heavy atom. The Morgan fingerprint density at radius 3 is 2.64 bits per heavy atom. The monoisotopic (exact) mass is 332 g/mol. The van der Waals surface area contributed by atoms with Crippen LogP contribution in [0.3, 0.4) is 0 Å². The van der Waals surface area contributed by atoms with E-state index in [1.54, 1.807) is 20.8 Å². The molecule has 0 bridgehead atoms. The highest BCUT2D eigenvalue weighted by molar-refractivity contribution is 8.00. The highest BCUT2D eigenvalue weighted by Crippen LogP contribution is 2.27. The summed E-state index contributed by atoms with van der Waals surface area (Å²) in [5, 5.41) is 19.2. The molecular formula is C14H24N2O5S. The Hall–Kier alpha value is -1.44. The fourth-order valence-electron chi connectivity index (χ4n) is 1.93. The van der Waals surface area contributed by atoms with Crippen LogP contribution in [0.15, 0.2) is 0 Å². The van der Waals surface area contributed by atoms with E-state index in [1.807, 2.05) is 6.92 Å². The molecule has 3 unspecified atom stereocenters. The Bertz CT molecular complexity index is 435. The Kier molecular flexibility index (Phi) is 6.52. The van der Waals surface area contributed by atoms with Gasteiger partial charge in [-0.3, -0.25) is 10.2 Å². The number of hydrogen-bond donors (Lipinski definition) is 3. The first-order chi connectivity index (χ1) is 10.1. The van der Waals surface area contributed by atoms with E-state index in [9.17, 15) is 9.59 Å². The summed E-state index contributed by atoms with van der Waals surface area (Å²) in [5.74, 6) is -0.506. The number of rotatable bonds is 4. The van der Waals surface area contributed by atoms with Crippen molar-refractivity contribution in [3.8, 4) is 0 Å². The molecule has 8 heteroatoms. The van der Waals surface area contributed by atoms with Gasteiger partial charge in [0.25, 0.3) is 0 Å². The lowest BCUT2D eigenvalue weighted by atomic mass is 10.1. The van der Waals surface area contributed by atoms with Crippen LogP contribution in [0.1, 0.15) is 40.5 Å². The molecule has 1 aliphatic heterocycles. The van der Waals surface area contributed by atoms with Crippen molar-refractivity contribution in [1.29, 1.82) is 5.41 Å². The number of carboxylic acids is 1. The lowest BCUT2D eigenvalue weighted by molar-refractivity contribution is -0.137. The molecule has 1 aliphatic rings. The summed E-state index contributed by atoms with van der Waals surface area (Å²) < 4.78 is 10.7. The van der Waals surface area contributed by atoms with Crippen LogP contribution in [0, 0.1) is 5.41 Å². The SMILES string of the molecule is CCC1CSC(CC(=O)O)C(NC(=O)OC(C)(C)C)C(=N)O1. The molecule has 126 valence electrons. The van der Waals surface area contributed by atoms with Crippen LogP contribution < -0.4 is 5.32 Å². The van der Waals surface area contributed by atoms with Crippen LogP contribution in [0.5, 0.6) is 0 Å². The standard InChI is InChI=1S/C14H24N2O5S/c1-5-8-7-22-9(6-10(17)18)11(12(15)20-8)16-13(19)21-14(2,3)4/h8-9,11,15H,5-7H2,1-4H3,(H,16,19)(H,17,18). The second-order valence-corrected chi connectivity index (χ2v) is 7.38. The number of aliphatic carboxylic acids is 1. The highest BCUT2D eigenvalue weighted by atomic mass is 32.2. The van der Waals surface area contributed by atoms with Gasteiger partial charge in [0.2, 0.25) is 5.90 Å². The van der Waals surface area contributed by atoms with Gasteiger partial charge >= 0.3 is 12.1 Å². The number of alkyl carbamates (subject to hydrolysis) is 1. The van der Waals surface area contributed by atoms with Crippen molar-refractivity contribution in [2.24, 2.45) is 0 Å². The molecule has 1 fully saturated rings. The van der Waals surface area contributed by atoms with Gasteiger partial charge in [-0.15, -0.1) is 0 Å². The number of hydrogen-bond acceptors (Lipinski definition) is 6. The maximum Gasteiger partial charge on any atom is 0.408 e. The predicted molar refractivity (Wildman–Crippen MR) is 84.5 cm³/mol. The Morgan fingerprint density at radius 1 is 1.50 bits per heavy atom. The second kappa shape index (κ2) is 7.71. The fraction of sp³-hybridized carbons (Fsp3) is 0.786. The van der Waals surface area contributed by atoms with E-state index in [2.05, 4.69) is 5.32 Å². The van der Waals surface area contributed by atoms with E-state index in [0.29, 0.717) is 12.2 Å². The summed E-state index contributed by atoms with van der Waals surface area (Å²) in [5.41, 5.74) is -0.667. The van der Waals surface area contributed by atoms with Crippen LogP contribution in [0.25, 0.3) is 0 Å². The van der Waals surface area contributed by atoms with Crippen LogP contribution in [0.2, 0.25) is 0 Å². The summed E-state index contributed by atoms with van der Waals surface area (Å²) >= 11 is 1.40. The number of amides is 1. The Balaban J connectivity index is 2.84. The van der Waals surface area contributed by atoms with Gasteiger partial charge in [0.1, 0.15) is 17.7 Å². The van der Waals surface area contributed by atoms with Gasteiger partial charge in [-0.25, -0.2) is 4.79 Å². The van der Waals surface area contributed by atoms with Gasteiger partial charge in [0, 0.05) is 11.0 Å². The molecule has 3 N–H and O–H groups in total. The van der Waals surface area contributed by atoms with Crippen molar-refractivity contribution in [3.05, 3.63) is 0 Å². The van der Waals surface area contributed by atoms with E-state index in [4.69, 9.17) is 20.0 Å². The molecule has 0 aromatic heterocycles. The van der Waals surface area contributed by atoms with Crippen LogP contribution in [0.4, 0.5) is 4.79 Å². The molecule has 0 spiro atoms. The lowest BCUT2D eigenvalue weighted by Crippen LogP contribution is -2.49. The topological polar surface area (TPSA) is 109 Å². The first-order valence-corrected chi connectivity index (χ1v) is 8.25. The van der Waals surface area contributed by atoms with Crippen LogP contribution >= 0.6 is 11.8 Å². The maximum atomic E-state index is 11.9. The molecule has 1 saturated heterocycles.